The highest BCUT2D eigenvalue weighted by atomic mass is 32.3. The van der Waals surface area contributed by atoms with E-state index >= 15 is 0 Å². The van der Waals surface area contributed by atoms with Gasteiger partial charge in [0.1, 0.15) is 0 Å². The molecule has 1 atom stereocenters. The minimum absolute atomic E-state index is 0.0582. The summed E-state index contributed by atoms with van der Waals surface area (Å²) in [5, 5.41) is 9.02. The zero-order chi connectivity index (χ0) is 25.9. The van der Waals surface area contributed by atoms with E-state index in [-0.39, 0.29) is 21.3 Å². The van der Waals surface area contributed by atoms with E-state index < -0.39 is 32.1 Å². The average Bonchev–Trinajstić information content (AvgIpc) is 2.89. The van der Waals surface area contributed by atoms with E-state index in [2.05, 4.69) is 11.6 Å². The van der Waals surface area contributed by atoms with Gasteiger partial charge in [-0.25, -0.2) is 13.1 Å². The Kier molecular flexibility index (Phi) is 8.82. The summed E-state index contributed by atoms with van der Waals surface area (Å²) in [7, 11) is -7.19. The fourth-order valence-electron chi connectivity index (χ4n) is 4.36. The van der Waals surface area contributed by atoms with E-state index in [1.54, 1.807) is 0 Å². The van der Waals surface area contributed by atoms with Crippen LogP contribution >= 0.6 is 22.5 Å². The van der Waals surface area contributed by atoms with Gasteiger partial charge in [-0.3, -0.25) is 13.9 Å². The van der Waals surface area contributed by atoms with Gasteiger partial charge in [0, 0.05) is 24.2 Å². The molecule has 3 rings (SSSR count). The third-order valence-corrected chi connectivity index (χ3v) is 10.00. The second-order valence-corrected chi connectivity index (χ2v) is 13.6. The summed E-state index contributed by atoms with van der Waals surface area (Å²) < 4.78 is 51.6. The largest absolute Gasteiger partial charge is 0.481 e. The van der Waals surface area contributed by atoms with Gasteiger partial charge in [0.2, 0.25) is 0 Å². The minimum Gasteiger partial charge on any atom is -0.481 e. The summed E-state index contributed by atoms with van der Waals surface area (Å²) in [6.07, 6.45) is 4.30. The minimum atomic E-state index is -3.68. The molecule has 11 heteroatoms. The molecule has 1 unspecified atom stereocenters. The Morgan fingerprint density at radius 1 is 1.20 bits per heavy atom. The molecule has 194 valence electrons. The molecule has 1 heterocycles. The Balaban J connectivity index is 2.26. The first-order chi connectivity index (χ1) is 16.4. The van der Waals surface area contributed by atoms with Crippen LogP contribution in [0.2, 0.25) is 0 Å². The van der Waals surface area contributed by atoms with Crippen LogP contribution in [0.15, 0.2) is 52.3 Å². The summed E-state index contributed by atoms with van der Waals surface area (Å²) in [6, 6.07) is 12.5. The molecule has 0 fully saturated rings. The number of nitrogens with one attached hydrogen (secondary N) is 1. The number of carboxylic acids is 1. The van der Waals surface area contributed by atoms with Gasteiger partial charge in [0.15, 0.2) is 9.84 Å². The van der Waals surface area contributed by atoms with Crippen LogP contribution in [-0.4, -0.2) is 52.7 Å². The molecular formula is C24H34N2O6S3. The Labute approximate surface area is 213 Å². The predicted octanol–water partition coefficient (Wildman–Crippen LogP) is 5.51. The Hall–Kier alpha value is -1.76. The highest BCUT2D eigenvalue weighted by molar-refractivity contribution is 8.22. The molecule has 0 aromatic heterocycles. The van der Waals surface area contributed by atoms with Crippen LogP contribution in [0.25, 0.3) is 0 Å². The number of sulfone groups is 1. The smallest absolute Gasteiger partial charge is 0.313 e. The van der Waals surface area contributed by atoms with Crippen LogP contribution in [0.3, 0.4) is 0 Å². The van der Waals surface area contributed by atoms with Crippen molar-refractivity contribution in [3.8, 4) is 0 Å². The maximum atomic E-state index is 12.8. The standard InChI is InChI=1S/C24H34N2O6S3/c1-4-6-12-24(5-2)17-26(19-10-8-7-9-11-19)20-14-21(34(3,29)30)18(15-33-16-23(27)28)13-22(20)35(31,32)25-24/h7-11,13-14,25,31-32H,4-6,12,15-17H2,1-3H3,(H,27,28). The number of carboxylic acid groups (broad SMARTS) is 1. The number of para-hydroxylation sites is 1. The van der Waals surface area contributed by atoms with Crippen LogP contribution < -0.4 is 9.62 Å². The first-order valence-electron chi connectivity index (χ1n) is 11.5. The molecule has 1 aliphatic rings. The number of unbranched alkanes of at least 4 members (excludes halogenated alkanes) is 1. The van der Waals surface area contributed by atoms with Gasteiger partial charge in [-0.05, 0) is 42.7 Å². The third kappa shape index (κ3) is 6.52. The zero-order valence-electron chi connectivity index (χ0n) is 20.2. The predicted molar refractivity (Wildman–Crippen MR) is 144 cm³/mol. The lowest BCUT2D eigenvalue weighted by Gasteiger charge is -2.42. The monoisotopic (exact) mass is 542 g/mol. The van der Waals surface area contributed by atoms with Crippen molar-refractivity contribution in [3.05, 3.63) is 48.0 Å². The molecule has 0 aliphatic carbocycles. The van der Waals surface area contributed by atoms with E-state index in [0.717, 1.165) is 36.5 Å². The summed E-state index contributed by atoms with van der Waals surface area (Å²) >= 11 is 1.06. The van der Waals surface area contributed by atoms with Crippen molar-refractivity contribution < 1.29 is 27.4 Å². The fourth-order valence-corrected chi connectivity index (χ4v) is 7.91. The maximum absolute atomic E-state index is 12.8. The summed E-state index contributed by atoms with van der Waals surface area (Å²) in [5.74, 6) is -1.09. The molecule has 4 N–H and O–H groups in total. The van der Waals surface area contributed by atoms with Crippen molar-refractivity contribution >= 4 is 49.7 Å². The van der Waals surface area contributed by atoms with Crippen molar-refractivity contribution in [2.75, 3.05) is 23.5 Å². The normalized spacial score (nSPS) is 20.7. The number of aliphatic carboxylic acids is 1. The van der Waals surface area contributed by atoms with Crippen molar-refractivity contribution in [2.24, 2.45) is 0 Å². The molecule has 2 aromatic carbocycles. The molecule has 8 nitrogen and oxygen atoms in total. The molecule has 0 amide bonds. The van der Waals surface area contributed by atoms with Crippen molar-refractivity contribution in [1.29, 1.82) is 0 Å². The first-order valence-corrected chi connectivity index (χ1v) is 16.1. The first kappa shape index (κ1) is 27.8. The highest BCUT2D eigenvalue weighted by Crippen LogP contribution is 2.56. The molecule has 0 spiro atoms. The Morgan fingerprint density at radius 2 is 1.89 bits per heavy atom. The molecule has 0 saturated heterocycles. The molecule has 0 radical (unpaired) electrons. The number of carbonyl (C=O) groups is 1. The van der Waals surface area contributed by atoms with Gasteiger partial charge < -0.3 is 10.0 Å². The van der Waals surface area contributed by atoms with Crippen LogP contribution in [0.1, 0.15) is 45.1 Å². The average molecular weight is 543 g/mol. The SMILES string of the molecule is CCCCC1(CC)CN(c2ccccc2)c2cc(S(C)(=O)=O)c(CSCC(=O)O)cc2S(O)(O)N1. The van der Waals surface area contributed by atoms with Crippen LogP contribution in [0.5, 0.6) is 0 Å². The van der Waals surface area contributed by atoms with Gasteiger partial charge >= 0.3 is 5.97 Å². The molecule has 0 bridgehead atoms. The van der Waals surface area contributed by atoms with Gasteiger partial charge in [-0.1, -0.05) is 44.9 Å². The second-order valence-electron chi connectivity index (χ2n) is 8.90. The van der Waals surface area contributed by atoms with Crippen LogP contribution in [0.4, 0.5) is 11.4 Å². The van der Waals surface area contributed by atoms with E-state index in [1.807, 2.05) is 42.2 Å². The summed E-state index contributed by atoms with van der Waals surface area (Å²) in [5.41, 5.74) is 0.967. The van der Waals surface area contributed by atoms with Crippen molar-refractivity contribution in [3.63, 3.8) is 0 Å². The number of thioether (sulfide) groups is 1. The number of nitrogens with zero attached hydrogens (tertiary/aromatic N) is 1. The molecule has 0 saturated carbocycles. The number of fused-ring (bicyclic) bond motifs is 1. The Morgan fingerprint density at radius 3 is 2.46 bits per heavy atom. The lowest BCUT2D eigenvalue weighted by atomic mass is 9.89. The van der Waals surface area contributed by atoms with Gasteiger partial charge in [0.25, 0.3) is 0 Å². The topological polar surface area (TPSA) is 127 Å². The van der Waals surface area contributed by atoms with E-state index in [0.29, 0.717) is 30.6 Å². The number of hydrogen-bond acceptors (Lipinski definition) is 8. The Bertz CT molecular complexity index is 1160. The van der Waals surface area contributed by atoms with E-state index in [9.17, 15) is 22.3 Å². The molecule has 1 aliphatic heterocycles. The number of rotatable bonds is 10. The molecule has 2 aromatic rings. The number of anilines is 2. The molecular weight excluding hydrogens is 508 g/mol. The van der Waals surface area contributed by atoms with Gasteiger partial charge in [0.05, 0.1) is 26.8 Å². The highest BCUT2D eigenvalue weighted by Gasteiger charge is 2.41. The third-order valence-electron chi connectivity index (χ3n) is 6.20. The van der Waals surface area contributed by atoms with Gasteiger partial charge in [-0.2, -0.15) is 0 Å². The van der Waals surface area contributed by atoms with Crippen LogP contribution in [0, 0.1) is 0 Å². The lowest BCUT2D eigenvalue weighted by molar-refractivity contribution is -0.133. The van der Waals surface area contributed by atoms with Crippen molar-refractivity contribution in [1.82, 2.24) is 4.72 Å². The maximum Gasteiger partial charge on any atom is 0.313 e. The van der Waals surface area contributed by atoms with Gasteiger partial charge in [-0.15, -0.1) is 22.5 Å². The van der Waals surface area contributed by atoms with E-state index in [4.69, 9.17) is 5.11 Å². The van der Waals surface area contributed by atoms with E-state index in [1.165, 1.54) is 12.1 Å². The number of hydrogen-bond donors (Lipinski definition) is 4. The quantitative estimate of drug-likeness (QED) is 0.307. The zero-order valence-corrected chi connectivity index (χ0v) is 22.7. The summed E-state index contributed by atoms with van der Waals surface area (Å²) in [6.45, 7) is 4.52. The van der Waals surface area contributed by atoms with Crippen LogP contribution in [-0.2, 0) is 20.4 Å². The summed E-state index contributed by atoms with van der Waals surface area (Å²) in [4.78, 5) is 13.2. The van der Waals surface area contributed by atoms with Crippen molar-refractivity contribution in [2.45, 2.75) is 60.6 Å². The molecule has 35 heavy (non-hydrogen) atoms. The fraction of sp³-hybridized carbons (Fsp3) is 0.458. The lowest BCUT2D eigenvalue weighted by Crippen LogP contribution is -2.51. The number of benzene rings is 2. The second kappa shape index (κ2) is 11.1.